The van der Waals surface area contributed by atoms with Gasteiger partial charge in [0.2, 0.25) is 0 Å². The van der Waals surface area contributed by atoms with Crippen LogP contribution in [0.5, 0.6) is 0 Å². The van der Waals surface area contributed by atoms with E-state index in [9.17, 15) is 9.59 Å². The molecule has 0 amide bonds. The molecule has 0 heterocycles. The summed E-state index contributed by atoms with van der Waals surface area (Å²) in [6.45, 7) is 0. The van der Waals surface area contributed by atoms with Gasteiger partial charge in [0, 0.05) is 33.4 Å². The number of benzene rings is 2. The van der Waals surface area contributed by atoms with Crippen molar-refractivity contribution in [2.24, 2.45) is 0 Å². The van der Waals surface area contributed by atoms with Gasteiger partial charge in [0.1, 0.15) is 11.5 Å². The molecule has 2 aromatic rings. The van der Waals surface area contributed by atoms with Crippen molar-refractivity contribution in [3.8, 4) is 0 Å². The lowest BCUT2D eigenvalue weighted by Gasteiger charge is -2.18. The van der Waals surface area contributed by atoms with Crippen LogP contribution in [0.1, 0.15) is 31.8 Å². The van der Waals surface area contributed by atoms with Gasteiger partial charge in [-0.05, 0) is 12.2 Å². The largest absolute Gasteiger partial charge is 0.496 e. The van der Waals surface area contributed by atoms with Crippen molar-refractivity contribution >= 4 is 23.1 Å². The van der Waals surface area contributed by atoms with Gasteiger partial charge in [-0.3, -0.25) is 9.59 Å². The van der Waals surface area contributed by atoms with E-state index >= 15 is 0 Å². The molecule has 4 rings (SSSR count). The number of hydrogen-bond donors (Lipinski definition) is 0. The maximum absolute atomic E-state index is 12.8. The number of hydrogen-bond acceptors (Lipinski definition) is 4. The Kier molecular flexibility index (Phi) is 4.53. The number of rotatable bonds is 3. The van der Waals surface area contributed by atoms with Crippen LogP contribution < -0.4 is 0 Å². The monoisotopic (exact) mass is 370 g/mol. The van der Waals surface area contributed by atoms with Gasteiger partial charge in [-0.25, -0.2) is 0 Å². The van der Waals surface area contributed by atoms with Crippen molar-refractivity contribution in [1.82, 2.24) is 0 Å². The lowest BCUT2D eigenvalue weighted by atomic mass is 9.89. The zero-order valence-corrected chi connectivity index (χ0v) is 15.6. The van der Waals surface area contributed by atoms with Gasteiger partial charge in [0.15, 0.2) is 11.6 Å². The van der Waals surface area contributed by atoms with Crippen molar-refractivity contribution in [1.29, 1.82) is 0 Å². The zero-order chi connectivity index (χ0) is 19.7. The summed E-state index contributed by atoms with van der Waals surface area (Å²) in [5.74, 6) is 1.03. The summed E-state index contributed by atoms with van der Waals surface area (Å²) in [4.78, 5) is 25.7. The van der Waals surface area contributed by atoms with Gasteiger partial charge in [0.25, 0.3) is 0 Å². The molecule has 4 heteroatoms. The van der Waals surface area contributed by atoms with Crippen LogP contribution in [0, 0.1) is 0 Å². The summed E-state index contributed by atoms with van der Waals surface area (Å²) in [7, 11) is 3.15. The van der Waals surface area contributed by atoms with E-state index in [1.807, 2.05) is 36.4 Å². The third-order valence-corrected chi connectivity index (χ3v) is 4.85. The Morgan fingerprint density at radius 3 is 1.32 bits per heavy atom. The quantitative estimate of drug-likeness (QED) is 0.741. The highest BCUT2D eigenvalue weighted by molar-refractivity contribution is 6.18. The number of ether oxygens (including phenoxy) is 2. The molecule has 0 bridgehead atoms. The summed E-state index contributed by atoms with van der Waals surface area (Å²) >= 11 is 0. The molecular weight excluding hydrogens is 352 g/mol. The van der Waals surface area contributed by atoms with Gasteiger partial charge < -0.3 is 9.47 Å². The van der Waals surface area contributed by atoms with E-state index in [1.54, 1.807) is 50.7 Å². The fourth-order valence-electron chi connectivity index (χ4n) is 3.44. The first-order valence-electron chi connectivity index (χ1n) is 8.85. The fourth-order valence-corrected chi connectivity index (χ4v) is 3.44. The van der Waals surface area contributed by atoms with Crippen molar-refractivity contribution in [2.45, 2.75) is 0 Å². The Labute approximate surface area is 163 Å². The molecule has 0 atom stereocenters. The minimum absolute atomic E-state index is 0.104. The SMILES string of the molecule is COC1=C/C(=C/C=C2\C=C(OC)c3ccccc3C2=O)C(=O)c2ccccc21. The van der Waals surface area contributed by atoms with E-state index in [4.69, 9.17) is 9.47 Å². The van der Waals surface area contributed by atoms with Gasteiger partial charge in [-0.1, -0.05) is 60.7 Å². The lowest BCUT2D eigenvalue weighted by Crippen LogP contribution is -2.13. The predicted octanol–water partition coefficient (Wildman–Crippen LogP) is 4.61. The number of carbonyl (C=O) groups excluding carboxylic acids is 2. The number of methoxy groups -OCH3 is 2. The molecule has 0 saturated carbocycles. The summed E-state index contributed by atoms with van der Waals surface area (Å²) in [6.07, 6.45) is 6.71. The Balaban J connectivity index is 1.77. The number of carbonyl (C=O) groups is 2. The first-order chi connectivity index (χ1) is 13.6. The Bertz CT molecular complexity index is 1020. The molecule has 2 aliphatic carbocycles. The summed E-state index contributed by atoms with van der Waals surface area (Å²) in [5, 5.41) is 0. The highest BCUT2D eigenvalue weighted by Gasteiger charge is 2.25. The maximum Gasteiger partial charge on any atom is 0.193 e. The van der Waals surface area contributed by atoms with Gasteiger partial charge in [0.05, 0.1) is 14.2 Å². The van der Waals surface area contributed by atoms with E-state index in [2.05, 4.69) is 0 Å². The minimum atomic E-state index is -0.104. The van der Waals surface area contributed by atoms with Gasteiger partial charge >= 0.3 is 0 Å². The zero-order valence-electron chi connectivity index (χ0n) is 15.6. The highest BCUT2D eigenvalue weighted by Crippen LogP contribution is 2.31. The average Bonchev–Trinajstić information content (AvgIpc) is 2.75. The Hall–Kier alpha value is -3.66. The van der Waals surface area contributed by atoms with Crippen LogP contribution in [0.4, 0.5) is 0 Å². The van der Waals surface area contributed by atoms with Crippen molar-refractivity contribution in [3.63, 3.8) is 0 Å². The summed E-state index contributed by atoms with van der Waals surface area (Å²) < 4.78 is 10.9. The van der Waals surface area contributed by atoms with Crippen LogP contribution in [0.25, 0.3) is 11.5 Å². The molecule has 28 heavy (non-hydrogen) atoms. The normalized spacial score (nSPS) is 18.4. The average molecular weight is 370 g/mol. The van der Waals surface area contributed by atoms with E-state index in [-0.39, 0.29) is 11.6 Å². The van der Waals surface area contributed by atoms with Crippen LogP contribution in [0.3, 0.4) is 0 Å². The van der Waals surface area contributed by atoms with E-state index in [0.29, 0.717) is 33.8 Å². The second-order valence-corrected chi connectivity index (χ2v) is 6.42. The van der Waals surface area contributed by atoms with E-state index in [0.717, 1.165) is 11.1 Å². The summed E-state index contributed by atoms with van der Waals surface area (Å²) in [6, 6.07) is 14.6. The van der Waals surface area contributed by atoms with E-state index < -0.39 is 0 Å². The lowest BCUT2D eigenvalue weighted by molar-refractivity contribution is 0.102. The fraction of sp³-hybridized carbons (Fsp3) is 0.0833. The molecule has 2 aliphatic rings. The number of Topliss-reactive ketones (excluding diaryl/α,β-unsaturated/α-hetero) is 2. The van der Waals surface area contributed by atoms with Crippen molar-refractivity contribution in [3.05, 3.63) is 106 Å². The molecule has 138 valence electrons. The molecule has 0 N–H and O–H groups in total. The Morgan fingerprint density at radius 1 is 0.607 bits per heavy atom. The number of ketones is 2. The molecule has 0 aliphatic heterocycles. The molecular formula is C24H18O4. The molecule has 0 saturated heterocycles. The molecule has 0 fully saturated rings. The predicted molar refractivity (Wildman–Crippen MR) is 108 cm³/mol. The number of allylic oxidation sites excluding steroid dienone is 6. The maximum atomic E-state index is 12.8. The standard InChI is InChI=1S/C24H18O4/c1-27-21-13-15(23(25)19-9-5-3-7-17(19)21)11-12-16-14-22(28-2)18-8-4-6-10-20(18)24(16)26/h3-14H,1-2H3/b15-11-,16-12+. The van der Waals surface area contributed by atoms with Crippen LogP contribution in [-0.4, -0.2) is 25.8 Å². The first kappa shape index (κ1) is 17.7. The highest BCUT2D eigenvalue weighted by atomic mass is 16.5. The number of fused-ring (bicyclic) bond motifs is 2. The minimum Gasteiger partial charge on any atom is -0.496 e. The molecule has 4 nitrogen and oxygen atoms in total. The second kappa shape index (κ2) is 7.16. The Morgan fingerprint density at radius 2 is 0.964 bits per heavy atom. The van der Waals surface area contributed by atoms with Crippen molar-refractivity contribution < 1.29 is 19.1 Å². The molecule has 0 radical (unpaired) electrons. The topological polar surface area (TPSA) is 52.6 Å². The van der Waals surface area contributed by atoms with Gasteiger partial charge in [-0.2, -0.15) is 0 Å². The smallest absolute Gasteiger partial charge is 0.193 e. The second-order valence-electron chi connectivity index (χ2n) is 6.42. The third-order valence-electron chi connectivity index (χ3n) is 4.85. The van der Waals surface area contributed by atoms with Gasteiger partial charge in [-0.15, -0.1) is 0 Å². The third kappa shape index (κ3) is 2.89. The first-order valence-corrected chi connectivity index (χ1v) is 8.85. The van der Waals surface area contributed by atoms with Crippen LogP contribution >= 0.6 is 0 Å². The molecule has 2 aromatic carbocycles. The van der Waals surface area contributed by atoms with Crippen molar-refractivity contribution in [2.75, 3.05) is 14.2 Å². The van der Waals surface area contributed by atoms with Crippen LogP contribution in [-0.2, 0) is 9.47 Å². The van der Waals surface area contributed by atoms with E-state index in [1.165, 1.54) is 0 Å². The summed E-state index contributed by atoms with van der Waals surface area (Å²) in [5.41, 5.74) is 3.62. The van der Waals surface area contributed by atoms with Crippen LogP contribution in [0.2, 0.25) is 0 Å². The van der Waals surface area contributed by atoms with Crippen LogP contribution in [0.15, 0.2) is 84.0 Å². The molecule has 0 aromatic heterocycles. The molecule has 0 spiro atoms. The molecule has 0 unspecified atom stereocenters.